The minimum absolute atomic E-state index is 0.0133. The molecule has 5 heterocycles. The number of piperazine rings is 1. The second-order valence-corrected chi connectivity index (χ2v) is 13.7. The lowest BCUT2D eigenvalue weighted by Gasteiger charge is -2.44. The lowest BCUT2D eigenvalue weighted by atomic mass is 9.95. The maximum Gasteiger partial charge on any atom is 0.417 e. The first-order chi connectivity index (χ1) is 23.3. The van der Waals surface area contributed by atoms with Gasteiger partial charge in [-0.25, -0.2) is 18.6 Å². The second-order valence-electron chi connectivity index (χ2n) is 12.3. The molecule has 0 spiro atoms. The molecule has 8 nitrogen and oxygen atoms in total. The molecule has 0 N–H and O–H groups in total. The Morgan fingerprint density at radius 3 is 2.51 bits per heavy atom. The number of amides is 1. The summed E-state index contributed by atoms with van der Waals surface area (Å²) in [5, 5.41) is 0.312. The molecule has 0 aliphatic carbocycles. The van der Waals surface area contributed by atoms with Crippen molar-refractivity contribution < 1.29 is 26.7 Å². The van der Waals surface area contributed by atoms with Crippen molar-refractivity contribution in [2.45, 2.75) is 49.6 Å². The Morgan fingerprint density at radius 2 is 1.82 bits per heavy atom. The maximum atomic E-state index is 15.5. The van der Waals surface area contributed by atoms with Crippen LogP contribution in [-0.4, -0.2) is 60.8 Å². The molecule has 1 saturated heterocycles. The molecule has 0 saturated carbocycles. The smallest absolute Gasteiger partial charge is 0.352 e. The molecule has 254 valence electrons. The van der Waals surface area contributed by atoms with Crippen molar-refractivity contribution in [1.82, 2.24) is 24.0 Å². The summed E-state index contributed by atoms with van der Waals surface area (Å²) in [6.07, 6.45) is -0.378. The highest BCUT2D eigenvalue weighted by molar-refractivity contribution is 7.99. The van der Waals surface area contributed by atoms with E-state index in [1.165, 1.54) is 10.6 Å². The summed E-state index contributed by atoms with van der Waals surface area (Å²) in [5.41, 5.74) is -2.24. The minimum atomic E-state index is -5.01. The SMILES string of the molecule is C=CC(=O)N1[C@H](C)CN(c2nc(=O)n3c4c(c(-c5cc(Cl)c(F)cc5F)c(C(F)(F)F)cc24)SCC(n2ccc4cccnc42)C3)C[C@@H]1C. The van der Waals surface area contributed by atoms with Gasteiger partial charge in [-0.05, 0) is 50.3 Å². The zero-order valence-electron chi connectivity index (χ0n) is 26.1. The van der Waals surface area contributed by atoms with Gasteiger partial charge >= 0.3 is 11.9 Å². The predicted octanol–water partition coefficient (Wildman–Crippen LogP) is 7.32. The van der Waals surface area contributed by atoms with Crippen molar-refractivity contribution in [2.75, 3.05) is 23.7 Å². The first kappa shape index (κ1) is 33.1. The predicted molar refractivity (Wildman–Crippen MR) is 179 cm³/mol. The Bertz CT molecular complexity index is 2230. The maximum absolute atomic E-state index is 15.5. The third-order valence-electron chi connectivity index (χ3n) is 9.11. The molecule has 1 amide bonds. The summed E-state index contributed by atoms with van der Waals surface area (Å²) in [5.74, 6) is -2.46. The molecule has 3 atom stereocenters. The van der Waals surface area contributed by atoms with Crippen molar-refractivity contribution >= 4 is 57.0 Å². The van der Waals surface area contributed by atoms with E-state index in [0.717, 1.165) is 29.3 Å². The van der Waals surface area contributed by atoms with Gasteiger partial charge in [0.2, 0.25) is 5.91 Å². The van der Waals surface area contributed by atoms with Gasteiger partial charge in [-0.15, -0.1) is 11.8 Å². The minimum Gasteiger partial charge on any atom is -0.352 e. The number of anilines is 1. The van der Waals surface area contributed by atoms with Gasteiger partial charge in [-0.3, -0.25) is 9.36 Å². The number of thioether (sulfide) groups is 1. The van der Waals surface area contributed by atoms with E-state index in [1.54, 1.807) is 42.1 Å². The highest BCUT2D eigenvalue weighted by atomic mass is 35.5. The van der Waals surface area contributed by atoms with Crippen LogP contribution in [-0.2, 0) is 17.5 Å². The van der Waals surface area contributed by atoms with Crippen LogP contribution >= 0.6 is 23.4 Å². The van der Waals surface area contributed by atoms with Crippen molar-refractivity contribution in [3.8, 4) is 11.1 Å². The highest BCUT2D eigenvalue weighted by Crippen LogP contribution is 2.50. The van der Waals surface area contributed by atoms with Gasteiger partial charge in [0.15, 0.2) is 0 Å². The molecule has 3 aromatic heterocycles. The molecule has 2 aromatic carbocycles. The van der Waals surface area contributed by atoms with Crippen molar-refractivity contribution in [3.05, 3.63) is 94.2 Å². The molecular formula is C34H28ClF5N6O2S. The largest absolute Gasteiger partial charge is 0.417 e. The molecule has 15 heteroatoms. The summed E-state index contributed by atoms with van der Waals surface area (Å²) >= 11 is 7.06. The summed E-state index contributed by atoms with van der Waals surface area (Å²) < 4.78 is 78.4. The second kappa shape index (κ2) is 12.2. The quantitative estimate of drug-likeness (QED) is 0.110. The van der Waals surface area contributed by atoms with Crippen LogP contribution in [0.5, 0.6) is 0 Å². The van der Waals surface area contributed by atoms with Gasteiger partial charge < -0.3 is 14.4 Å². The van der Waals surface area contributed by atoms with Crippen LogP contribution in [0.4, 0.5) is 27.8 Å². The number of rotatable bonds is 4. The number of carbonyl (C=O) groups excluding carboxylic acids is 1. The number of hydrogen-bond acceptors (Lipinski definition) is 6. The zero-order valence-corrected chi connectivity index (χ0v) is 27.7. The first-order valence-corrected chi connectivity index (χ1v) is 16.7. The molecule has 0 bridgehead atoms. The van der Waals surface area contributed by atoms with Crippen molar-refractivity contribution in [3.63, 3.8) is 0 Å². The fourth-order valence-corrected chi connectivity index (χ4v) is 8.59. The molecule has 2 aliphatic heterocycles. The first-order valence-electron chi connectivity index (χ1n) is 15.4. The van der Waals surface area contributed by atoms with E-state index in [2.05, 4.69) is 16.5 Å². The Balaban J connectivity index is 1.51. The van der Waals surface area contributed by atoms with Crippen molar-refractivity contribution in [1.29, 1.82) is 0 Å². The van der Waals surface area contributed by atoms with E-state index < -0.39 is 63.3 Å². The number of benzene rings is 2. The van der Waals surface area contributed by atoms with E-state index in [1.807, 2.05) is 16.7 Å². The monoisotopic (exact) mass is 714 g/mol. The van der Waals surface area contributed by atoms with Gasteiger partial charge in [0.1, 0.15) is 23.1 Å². The molecule has 5 aromatic rings. The number of fused-ring (bicyclic) bond motifs is 1. The molecule has 0 radical (unpaired) electrons. The van der Waals surface area contributed by atoms with Crippen LogP contribution in [0.1, 0.15) is 25.5 Å². The number of alkyl halides is 3. The van der Waals surface area contributed by atoms with Crippen LogP contribution < -0.4 is 10.6 Å². The van der Waals surface area contributed by atoms with E-state index in [-0.39, 0.29) is 52.9 Å². The van der Waals surface area contributed by atoms with E-state index >= 15 is 17.6 Å². The normalized spacial score (nSPS) is 19.8. The van der Waals surface area contributed by atoms with Gasteiger partial charge in [0.25, 0.3) is 0 Å². The molecule has 1 unspecified atom stereocenters. The Labute approximate surface area is 285 Å². The van der Waals surface area contributed by atoms with Gasteiger partial charge in [0, 0.05) is 82.7 Å². The number of pyridine rings is 1. The number of carbonyl (C=O) groups is 1. The molecule has 1 fully saturated rings. The third kappa shape index (κ3) is 5.54. The van der Waals surface area contributed by atoms with Crippen LogP contribution in [0.2, 0.25) is 5.02 Å². The summed E-state index contributed by atoms with van der Waals surface area (Å²) in [6.45, 7) is 7.53. The van der Waals surface area contributed by atoms with Gasteiger partial charge in [0.05, 0.1) is 22.1 Å². The average Bonchev–Trinajstić information content (AvgIpc) is 3.37. The highest BCUT2D eigenvalue weighted by Gasteiger charge is 2.40. The van der Waals surface area contributed by atoms with E-state index in [4.69, 9.17) is 11.6 Å². The van der Waals surface area contributed by atoms with Crippen LogP contribution in [0, 0.1) is 11.6 Å². The summed E-state index contributed by atoms with van der Waals surface area (Å²) in [6, 6.07) is 6.42. The van der Waals surface area contributed by atoms with Gasteiger partial charge in [-0.2, -0.15) is 18.2 Å². The fourth-order valence-electron chi connectivity index (χ4n) is 7.08. The Morgan fingerprint density at radius 1 is 1.08 bits per heavy atom. The molecule has 7 rings (SSSR count). The van der Waals surface area contributed by atoms with E-state index in [0.29, 0.717) is 11.7 Å². The Kier molecular flexibility index (Phi) is 8.21. The number of halogens is 6. The zero-order chi connectivity index (χ0) is 34.9. The molecule has 49 heavy (non-hydrogen) atoms. The Hall–Kier alpha value is -4.43. The standard InChI is InChI=1S/C34H28ClF5N6O2S/c1-4-27(47)46-17(2)13-43(14-18(46)3)32-22-10-23(34(38,39)40)28(21-11-24(35)26(37)12-25(21)36)30-29(22)45(33(48)42-32)15-20(16-49-30)44-9-7-19-6-5-8-41-31(19)44/h4-12,17-18,20H,1,13-16H2,2-3H3/t17-,18+,20?. The van der Waals surface area contributed by atoms with Crippen LogP contribution in [0.25, 0.3) is 33.1 Å². The van der Waals surface area contributed by atoms with Crippen LogP contribution in [0.3, 0.4) is 0 Å². The van der Waals surface area contributed by atoms with Crippen LogP contribution in [0.15, 0.2) is 71.1 Å². The lowest BCUT2D eigenvalue weighted by Crippen LogP contribution is -2.58. The molecule has 2 aliphatic rings. The summed E-state index contributed by atoms with van der Waals surface area (Å²) in [7, 11) is 0. The van der Waals surface area contributed by atoms with E-state index in [9.17, 15) is 14.0 Å². The summed E-state index contributed by atoms with van der Waals surface area (Å²) in [4.78, 5) is 38.9. The van der Waals surface area contributed by atoms with Gasteiger partial charge in [-0.1, -0.05) is 18.2 Å². The fraction of sp³-hybridized carbons (Fsp3) is 0.294. The molecular weight excluding hydrogens is 687 g/mol. The average molecular weight is 715 g/mol. The third-order valence-corrected chi connectivity index (χ3v) is 10.6. The number of nitrogens with zero attached hydrogens (tertiary/aromatic N) is 6. The number of hydrogen-bond donors (Lipinski definition) is 0. The van der Waals surface area contributed by atoms with Crippen molar-refractivity contribution in [2.24, 2.45) is 0 Å². The number of aromatic nitrogens is 4. The topological polar surface area (TPSA) is 76.3 Å². The lowest BCUT2D eigenvalue weighted by molar-refractivity contribution is -0.137.